The number of benzene rings is 1. The minimum Gasteiger partial charge on any atom is -0.357 e. The first-order chi connectivity index (χ1) is 8.88. The van der Waals surface area contributed by atoms with E-state index in [1.54, 1.807) is 24.3 Å². The predicted molar refractivity (Wildman–Crippen MR) is 69.0 cm³/mol. The number of hydrogen-bond acceptors (Lipinski definition) is 3. The number of nitrogens with one attached hydrogen (secondary N) is 1. The number of halogens is 4. The average molecular weight is 290 g/mol. The van der Waals surface area contributed by atoms with Gasteiger partial charge in [0.2, 0.25) is 0 Å². The van der Waals surface area contributed by atoms with Crippen LogP contribution in [-0.2, 0) is 6.18 Å². The molecule has 1 heterocycles. The normalized spacial score (nSPS) is 19.3. The first-order valence-corrected chi connectivity index (χ1v) is 5.86. The van der Waals surface area contributed by atoms with E-state index < -0.39 is 17.2 Å². The summed E-state index contributed by atoms with van der Waals surface area (Å²) in [6.45, 7) is 0. The van der Waals surface area contributed by atoms with Crippen molar-refractivity contribution in [2.24, 2.45) is 4.99 Å². The van der Waals surface area contributed by atoms with Crippen molar-refractivity contribution in [3.05, 3.63) is 42.2 Å². The second-order valence-electron chi connectivity index (χ2n) is 4.01. The van der Waals surface area contributed by atoms with Crippen LogP contribution in [0.2, 0.25) is 0 Å². The maximum absolute atomic E-state index is 12.4. The van der Waals surface area contributed by atoms with E-state index in [1.165, 1.54) is 12.1 Å². The molecule has 0 amide bonds. The Morgan fingerprint density at radius 2 is 1.89 bits per heavy atom. The van der Waals surface area contributed by atoms with Gasteiger partial charge in [0.15, 0.2) is 5.50 Å². The lowest BCUT2D eigenvalue weighted by Gasteiger charge is -2.25. The zero-order valence-corrected chi connectivity index (χ0v) is 10.7. The van der Waals surface area contributed by atoms with Crippen molar-refractivity contribution in [3.8, 4) is 0 Å². The van der Waals surface area contributed by atoms with Crippen LogP contribution in [0.5, 0.6) is 0 Å². The summed E-state index contributed by atoms with van der Waals surface area (Å²) < 4.78 is 37.2. The molecular formula is C12H11ClF3N3. The number of alkyl halides is 4. The summed E-state index contributed by atoms with van der Waals surface area (Å²) in [6.07, 6.45) is -1.07. The zero-order chi connectivity index (χ0) is 14.0. The van der Waals surface area contributed by atoms with E-state index >= 15 is 0 Å². The van der Waals surface area contributed by atoms with E-state index in [2.05, 4.69) is 10.3 Å². The Labute approximate surface area is 113 Å². The fourth-order valence-corrected chi connectivity index (χ4v) is 1.71. The highest BCUT2D eigenvalue weighted by Gasteiger charge is 2.30. The third kappa shape index (κ3) is 3.20. The lowest BCUT2D eigenvalue weighted by Crippen LogP contribution is -2.36. The van der Waals surface area contributed by atoms with Gasteiger partial charge in [0, 0.05) is 25.1 Å². The molecule has 1 N–H and O–H groups in total. The fraction of sp³-hybridized carbons (Fsp3) is 0.250. The zero-order valence-electron chi connectivity index (χ0n) is 9.95. The Balaban J connectivity index is 2.12. The van der Waals surface area contributed by atoms with Crippen LogP contribution in [0.4, 0.5) is 18.9 Å². The van der Waals surface area contributed by atoms with Crippen LogP contribution >= 0.6 is 11.6 Å². The number of aliphatic imine (C=N–C) groups is 1. The predicted octanol–water partition coefficient (Wildman–Crippen LogP) is 3.50. The van der Waals surface area contributed by atoms with Gasteiger partial charge in [0.25, 0.3) is 0 Å². The lowest BCUT2D eigenvalue weighted by atomic mass is 10.2. The van der Waals surface area contributed by atoms with E-state index in [0.717, 1.165) is 12.1 Å². The van der Waals surface area contributed by atoms with Gasteiger partial charge in [-0.2, -0.15) is 13.2 Å². The van der Waals surface area contributed by atoms with Gasteiger partial charge >= 0.3 is 6.18 Å². The second-order valence-corrected chi connectivity index (χ2v) is 4.43. The summed E-state index contributed by atoms with van der Waals surface area (Å²) >= 11 is 6.09. The van der Waals surface area contributed by atoms with Gasteiger partial charge in [-0.1, -0.05) is 11.6 Å². The Bertz CT molecular complexity index is 508. The van der Waals surface area contributed by atoms with Gasteiger partial charge < -0.3 is 10.2 Å². The van der Waals surface area contributed by atoms with Gasteiger partial charge in [-0.15, -0.1) is 0 Å². The molecule has 1 unspecified atom stereocenters. The molecule has 0 saturated carbocycles. The molecule has 0 radical (unpaired) electrons. The monoisotopic (exact) mass is 289 g/mol. The highest BCUT2D eigenvalue weighted by atomic mass is 35.5. The summed E-state index contributed by atoms with van der Waals surface area (Å²) in [5, 5.41) is 2.90. The molecule has 102 valence electrons. The molecule has 2 rings (SSSR count). The van der Waals surface area contributed by atoms with E-state index in [0.29, 0.717) is 11.5 Å². The van der Waals surface area contributed by atoms with Gasteiger partial charge in [-0.3, -0.25) is 0 Å². The van der Waals surface area contributed by atoms with Crippen LogP contribution in [0.25, 0.3) is 0 Å². The molecule has 0 bridgehead atoms. The molecule has 1 aliphatic heterocycles. The summed E-state index contributed by atoms with van der Waals surface area (Å²) in [5.41, 5.74) is -0.670. The second kappa shape index (κ2) is 5.13. The Kier molecular flexibility index (Phi) is 3.71. The summed E-state index contributed by atoms with van der Waals surface area (Å²) in [5.74, 6) is 0.464. The van der Waals surface area contributed by atoms with Crippen LogP contribution in [0.3, 0.4) is 0 Å². The van der Waals surface area contributed by atoms with E-state index in [-0.39, 0.29) is 0 Å². The quantitative estimate of drug-likeness (QED) is 0.633. The largest absolute Gasteiger partial charge is 0.416 e. The van der Waals surface area contributed by atoms with Crippen molar-refractivity contribution in [1.82, 2.24) is 4.90 Å². The van der Waals surface area contributed by atoms with Gasteiger partial charge in [0.05, 0.1) is 5.56 Å². The molecule has 0 saturated heterocycles. The minimum atomic E-state index is -4.33. The van der Waals surface area contributed by atoms with E-state index in [9.17, 15) is 13.2 Å². The molecule has 19 heavy (non-hydrogen) atoms. The molecule has 7 heteroatoms. The number of rotatable bonds is 1. The smallest absolute Gasteiger partial charge is 0.357 e. The van der Waals surface area contributed by atoms with Crippen LogP contribution < -0.4 is 5.32 Å². The standard InChI is InChI=1S/C12H11ClF3N3/c1-19-7-6-17-11(10(19)13)18-9-4-2-8(3-5-9)12(14,15)16/h2-7,10H,1H3,(H,17,18). The lowest BCUT2D eigenvalue weighted by molar-refractivity contribution is -0.137. The molecule has 0 aliphatic carbocycles. The van der Waals surface area contributed by atoms with Crippen LogP contribution in [0, 0.1) is 0 Å². The topological polar surface area (TPSA) is 27.6 Å². The number of hydrogen-bond donors (Lipinski definition) is 1. The van der Waals surface area contributed by atoms with Crippen molar-refractivity contribution < 1.29 is 13.2 Å². The molecule has 0 spiro atoms. The Hall–Kier alpha value is -1.69. The summed E-state index contributed by atoms with van der Waals surface area (Å²) in [6, 6.07) is 4.70. The number of anilines is 1. The first kappa shape index (κ1) is 13.7. The van der Waals surface area contributed by atoms with Crippen molar-refractivity contribution in [3.63, 3.8) is 0 Å². The number of amidine groups is 1. The maximum Gasteiger partial charge on any atom is 0.416 e. The Morgan fingerprint density at radius 1 is 1.26 bits per heavy atom. The van der Waals surface area contributed by atoms with Crippen LogP contribution in [0.1, 0.15) is 5.56 Å². The number of nitrogens with zero attached hydrogens (tertiary/aromatic N) is 2. The molecule has 1 aliphatic rings. The molecule has 0 fully saturated rings. The molecule has 3 nitrogen and oxygen atoms in total. The SMILES string of the molecule is CN1C=CN=C(Nc2ccc(C(F)(F)F)cc2)C1Cl. The third-order valence-electron chi connectivity index (χ3n) is 2.58. The summed E-state index contributed by atoms with van der Waals surface area (Å²) in [7, 11) is 1.78. The maximum atomic E-state index is 12.4. The fourth-order valence-electron chi connectivity index (χ4n) is 1.53. The molecular weight excluding hydrogens is 279 g/mol. The van der Waals surface area contributed by atoms with Crippen LogP contribution in [0.15, 0.2) is 41.7 Å². The van der Waals surface area contributed by atoms with Crippen molar-refractivity contribution in [2.45, 2.75) is 11.7 Å². The minimum absolute atomic E-state index is 0.464. The van der Waals surface area contributed by atoms with Crippen molar-refractivity contribution in [1.29, 1.82) is 0 Å². The Morgan fingerprint density at radius 3 is 2.47 bits per heavy atom. The van der Waals surface area contributed by atoms with E-state index in [1.807, 2.05) is 0 Å². The molecule has 1 atom stereocenters. The van der Waals surface area contributed by atoms with E-state index in [4.69, 9.17) is 11.6 Å². The molecule has 1 aromatic rings. The van der Waals surface area contributed by atoms with Crippen molar-refractivity contribution >= 4 is 23.1 Å². The first-order valence-electron chi connectivity index (χ1n) is 5.42. The highest BCUT2D eigenvalue weighted by Crippen LogP contribution is 2.30. The van der Waals surface area contributed by atoms with Gasteiger partial charge in [0.1, 0.15) is 5.84 Å². The average Bonchev–Trinajstić information content (AvgIpc) is 2.35. The molecule has 0 aromatic heterocycles. The van der Waals surface area contributed by atoms with Gasteiger partial charge in [-0.05, 0) is 24.3 Å². The number of likely N-dealkylation sites (N-methyl/N-ethyl adjacent to an activating group) is 1. The third-order valence-corrected chi connectivity index (χ3v) is 3.10. The summed E-state index contributed by atoms with van der Waals surface area (Å²) in [4.78, 5) is 5.78. The van der Waals surface area contributed by atoms with Crippen molar-refractivity contribution in [2.75, 3.05) is 12.4 Å². The highest BCUT2D eigenvalue weighted by molar-refractivity contribution is 6.33. The van der Waals surface area contributed by atoms with Gasteiger partial charge in [-0.25, -0.2) is 4.99 Å². The molecule has 1 aromatic carbocycles. The van der Waals surface area contributed by atoms with Crippen LogP contribution in [-0.4, -0.2) is 23.3 Å².